The van der Waals surface area contributed by atoms with Crippen LogP contribution in [0.1, 0.15) is 30.6 Å². The topological polar surface area (TPSA) is 89.2 Å². The van der Waals surface area contributed by atoms with Crippen LogP contribution in [0.25, 0.3) is 5.82 Å². The lowest BCUT2D eigenvalue weighted by molar-refractivity contribution is -0.147. The van der Waals surface area contributed by atoms with E-state index in [1.54, 1.807) is 25.6 Å². The molecule has 1 amide bonds. The highest BCUT2D eigenvalue weighted by Crippen LogP contribution is 2.19. The van der Waals surface area contributed by atoms with E-state index in [9.17, 15) is 9.59 Å². The number of aromatic nitrogens is 3. The van der Waals surface area contributed by atoms with Gasteiger partial charge in [-0.15, -0.1) is 0 Å². The quantitative estimate of drug-likeness (QED) is 0.845. The van der Waals surface area contributed by atoms with E-state index in [4.69, 9.17) is 5.11 Å². The average molecular weight is 304 g/mol. The number of rotatable bonds is 6. The summed E-state index contributed by atoms with van der Waals surface area (Å²) in [6, 6.07) is 3.73. The molecule has 2 N–H and O–H groups in total. The molecule has 0 fully saturated rings. The van der Waals surface area contributed by atoms with Crippen LogP contribution >= 0.6 is 0 Å². The van der Waals surface area contributed by atoms with E-state index >= 15 is 0 Å². The number of aliphatic carboxylic acids is 1. The van der Waals surface area contributed by atoms with Crippen LogP contribution < -0.4 is 5.32 Å². The SMILES string of the molecule is Cn1ncc(C(=O)NCCC(C)(C)C(=O)O)c1-n1cccc1. The number of nitrogens with one attached hydrogen (secondary N) is 1. The Morgan fingerprint density at radius 1 is 1.32 bits per heavy atom. The normalized spacial score (nSPS) is 11.4. The van der Waals surface area contributed by atoms with Crippen LogP contribution in [0.5, 0.6) is 0 Å². The van der Waals surface area contributed by atoms with Crippen molar-refractivity contribution >= 4 is 11.9 Å². The molecule has 0 spiro atoms. The number of hydrogen-bond donors (Lipinski definition) is 2. The molecule has 0 aliphatic rings. The fourth-order valence-corrected chi connectivity index (χ4v) is 2.06. The van der Waals surface area contributed by atoms with Crippen LogP contribution in [0, 0.1) is 5.41 Å². The molecular weight excluding hydrogens is 284 g/mol. The Kier molecular flexibility index (Phi) is 4.35. The Labute approximate surface area is 128 Å². The molecule has 0 aromatic carbocycles. The van der Waals surface area contributed by atoms with E-state index in [0.717, 1.165) is 0 Å². The van der Waals surface area contributed by atoms with Crippen molar-refractivity contribution < 1.29 is 14.7 Å². The molecule has 0 bridgehead atoms. The van der Waals surface area contributed by atoms with Crippen molar-refractivity contribution in [3.63, 3.8) is 0 Å². The second kappa shape index (κ2) is 6.05. The minimum Gasteiger partial charge on any atom is -0.481 e. The first-order chi connectivity index (χ1) is 10.3. The Bertz CT molecular complexity index is 671. The van der Waals surface area contributed by atoms with Gasteiger partial charge in [-0.05, 0) is 32.4 Å². The molecule has 0 saturated carbocycles. The number of hydrogen-bond acceptors (Lipinski definition) is 3. The Morgan fingerprint density at radius 2 is 1.95 bits per heavy atom. The van der Waals surface area contributed by atoms with E-state index < -0.39 is 11.4 Å². The Balaban J connectivity index is 2.07. The lowest BCUT2D eigenvalue weighted by atomic mass is 9.90. The molecule has 0 aliphatic carbocycles. The number of carbonyl (C=O) groups is 2. The van der Waals surface area contributed by atoms with Gasteiger partial charge in [-0.1, -0.05) is 0 Å². The molecule has 0 saturated heterocycles. The van der Waals surface area contributed by atoms with Gasteiger partial charge in [-0.25, -0.2) is 0 Å². The summed E-state index contributed by atoms with van der Waals surface area (Å²) in [4.78, 5) is 23.4. The molecule has 118 valence electrons. The molecular formula is C15H20N4O3. The van der Waals surface area contributed by atoms with E-state index in [1.165, 1.54) is 6.20 Å². The van der Waals surface area contributed by atoms with Crippen molar-refractivity contribution in [2.75, 3.05) is 6.54 Å². The first-order valence-electron chi connectivity index (χ1n) is 7.00. The summed E-state index contributed by atoms with van der Waals surface area (Å²) >= 11 is 0. The minimum atomic E-state index is -0.879. The van der Waals surface area contributed by atoms with Crippen LogP contribution in [0.15, 0.2) is 30.7 Å². The number of carbonyl (C=O) groups excluding carboxylic acids is 1. The smallest absolute Gasteiger partial charge is 0.309 e. The predicted molar refractivity (Wildman–Crippen MR) is 80.9 cm³/mol. The van der Waals surface area contributed by atoms with Crippen LogP contribution in [0.4, 0.5) is 0 Å². The van der Waals surface area contributed by atoms with Gasteiger partial charge < -0.3 is 15.0 Å². The van der Waals surface area contributed by atoms with Gasteiger partial charge in [0.25, 0.3) is 5.91 Å². The van der Waals surface area contributed by atoms with Gasteiger partial charge in [0.1, 0.15) is 11.4 Å². The van der Waals surface area contributed by atoms with Gasteiger partial charge in [0.15, 0.2) is 0 Å². The molecule has 2 heterocycles. The van der Waals surface area contributed by atoms with Crippen molar-refractivity contribution in [2.24, 2.45) is 12.5 Å². The lowest BCUT2D eigenvalue weighted by Crippen LogP contribution is -2.32. The summed E-state index contributed by atoms with van der Waals surface area (Å²) in [6.07, 6.45) is 5.53. The number of carboxylic acid groups (broad SMARTS) is 1. The van der Waals surface area contributed by atoms with Gasteiger partial charge in [0.2, 0.25) is 0 Å². The van der Waals surface area contributed by atoms with E-state index in [1.807, 2.05) is 29.1 Å². The molecule has 0 unspecified atom stereocenters. The highest BCUT2D eigenvalue weighted by molar-refractivity contribution is 5.97. The van der Waals surface area contributed by atoms with Gasteiger partial charge >= 0.3 is 5.97 Å². The van der Waals surface area contributed by atoms with Crippen molar-refractivity contribution in [1.29, 1.82) is 0 Å². The molecule has 0 radical (unpaired) electrons. The number of aryl methyl sites for hydroxylation is 1. The summed E-state index contributed by atoms with van der Waals surface area (Å²) in [7, 11) is 1.76. The highest BCUT2D eigenvalue weighted by atomic mass is 16.4. The maximum atomic E-state index is 12.3. The second-order valence-electron chi connectivity index (χ2n) is 5.79. The van der Waals surface area contributed by atoms with E-state index in [0.29, 0.717) is 17.8 Å². The van der Waals surface area contributed by atoms with E-state index in [-0.39, 0.29) is 12.5 Å². The monoisotopic (exact) mass is 304 g/mol. The maximum Gasteiger partial charge on any atom is 0.309 e. The van der Waals surface area contributed by atoms with Gasteiger partial charge in [0, 0.05) is 26.0 Å². The lowest BCUT2D eigenvalue weighted by Gasteiger charge is -2.18. The van der Waals surface area contributed by atoms with Crippen molar-refractivity contribution in [1.82, 2.24) is 19.7 Å². The van der Waals surface area contributed by atoms with Crippen LogP contribution in [-0.2, 0) is 11.8 Å². The summed E-state index contributed by atoms with van der Waals surface area (Å²) in [5.74, 6) is -0.478. The fourth-order valence-electron chi connectivity index (χ4n) is 2.06. The molecule has 22 heavy (non-hydrogen) atoms. The molecule has 2 aromatic heterocycles. The third-order valence-corrected chi connectivity index (χ3v) is 3.62. The van der Waals surface area contributed by atoms with Gasteiger partial charge in [-0.2, -0.15) is 5.10 Å². The first kappa shape index (κ1) is 15.8. The van der Waals surface area contributed by atoms with E-state index in [2.05, 4.69) is 10.4 Å². The number of amides is 1. The molecule has 7 heteroatoms. The highest BCUT2D eigenvalue weighted by Gasteiger charge is 2.27. The Morgan fingerprint density at radius 3 is 2.55 bits per heavy atom. The molecule has 2 aromatic rings. The number of carboxylic acids is 1. The number of nitrogens with zero attached hydrogens (tertiary/aromatic N) is 3. The Hall–Kier alpha value is -2.57. The zero-order valence-electron chi connectivity index (χ0n) is 12.9. The fraction of sp³-hybridized carbons (Fsp3) is 0.400. The van der Waals surface area contributed by atoms with Gasteiger partial charge in [0.05, 0.1) is 11.6 Å². The third kappa shape index (κ3) is 3.19. The van der Waals surface area contributed by atoms with Crippen LogP contribution in [-0.4, -0.2) is 37.9 Å². The summed E-state index contributed by atoms with van der Waals surface area (Å²) in [5, 5.41) is 15.9. The van der Waals surface area contributed by atoms with Crippen LogP contribution in [0.3, 0.4) is 0 Å². The maximum absolute atomic E-state index is 12.3. The van der Waals surface area contributed by atoms with Crippen molar-refractivity contribution in [3.8, 4) is 5.82 Å². The second-order valence-corrected chi connectivity index (χ2v) is 5.79. The zero-order valence-corrected chi connectivity index (χ0v) is 12.9. The van der Waals surface area contributed by atoms with Gasteiger partial charge in [-0.3, -0.25) is 14.3 Å². The van der Waals surface area contributed by atoms with Crippen molar-refractivity contribution in [3.05, 3.63) is 36.3 Å². The summed E-state index contributed by atoms with van der Waals surface area (Å²) in [5.41, 5.74) is -0.419. The summed E-state index contributed by atoms with van der Waals surface area (Å²) in [6.45, 7) is 3.56. The zero-order chi connectivity index (χ0) is 16.3. The minimum absolute atomic E-state index is 0.266. The first-order valence-corrected chi connectivity index (χ1v) is 7.00. The summed E-state index contributed by atoms with van der Waals surface area (Å²) < 4.78 is 3.43. The molecule has 0 aliphatic heterocycles. The van der Waals surface area contributed by atoms with Crippen molar-refractivity contribution in [2.45, 2.75) is 20.3 Å². The largest absolute Gasteiger partial charge is 0.481 e. The molecule has 0 atom stereocenters. The standard InChI is InChI=1S/C15H20N4O3/c1-15(2,14(21)22)6-7-16-12(20)11-10-17-18(3)13(11)19-8-4-5-9-19/h4-5,8-10H,6-7H2,1-3H3,(H,16,20)(H,21,22). The third-order valence-electron chi connectivity index (χ3n) is 3.62. The van der Waals surface area contributed by atoms with Crippen LogP contribution in [0.2, 0.25) is 0 Å². The predicted octanol–water partition coefficient (Wildman–Crippen LogP) is 1.44. The average Bonchev–Trinajstić information content (AvgIpc) is 3.06. The molecule has 2 rings (SSSR count). The molecule has 7 nitrogen and oxygen atoms in total.